The van der Waals surface area contributed by atoms with Crippen molar-refractivity contribution in [1.29, 1.82) is 0 Å². The fourth-order valence-electron chi connectivity index (χ4n) is 3.29. The van der Waals surface area contributed by atoms with E-state index in [0.29, 0.717) is 23.4 Å². The van der Waals surface area contributed by atoms with E-state index in [1.165, 1.54) is 29.4 Å². The van der Waals surface area contributed by atoms with Crippen LogP contribution in [0.5, 0.6) is 0 Å². The molecule has 3 nitrogen and oxygen atoms in total. The molecule has 0 spiro atoms. The highest BCUT2D eigenvalue weighted by Crippen LogP contribution is 2.49. The number of hydrogen-bond donors (Lipinski definition) is 0. The number of hydrogen-bond acceptors (Lipinski definition) is 2. The smallest absolute Gasteiger partial charge is 0.231 e. The lowest BCUT2D eigenvalue weighted by Gasteiger charge is -2.22. The zero-order valence-corrected chi connectivity index (χ0v) is 13.9. The second kappa shape index (κ2) is 6.75. The number of carbonyl (C=O) groups excluding carboxylic acids is 1. The van der Waals surface area contributed by atoms with Crippen LogP contribution in [-0.2, 0) is 11.3 Å². The molecule has 0 aliphatic heterocycles. The van der Waals surface area contributed by atoms with Crippen molar-refractivity contribution >= 4 is 11.6 Å². The van der Waals surface area contributed by atoms with Gasteiger partial charge in [-0.3, -0.25) is 4.79 Å². The monoisotopic (exact) mass is 353 g/mol. The van der Waals surface area contributed by atoms with E-state index >= 15 is 0 Å². The number of rotatable bonds is 5. The summed E-state index contributed by atoms with van der Waals surface area (Å²) in [6.45, 7) is 0.204. The van der Waals surface area contributed by atoms with Crippen LogP contribution in [0, 0.1) is 17.6 Å². The Labute approximate surface area is 149 Å². The third-order valence-corrected chi connectivity index (χ3v) is 4.69. The van der Waals surface area contributed by atoms with E-state index in [9.17, 15) is 13.6 Å². The van der Waals surface area contributed by atoms with Gasteiger partial charge in [-0.15, -0.1) is 0 Å². The molecule has 0 radical (unpaired) electrons. The van der Waals surface area contributed by atoms with Crippen LogP contribution in [0.2, 0.25) is 0 Å². The summed E-state index contributed by atoms with van der Waals surface area (Å²) < 4.78 is 33.0. The summed E-state index contributed by atoms with van der Waals surface area (Å²) in [7, 11) is 0. The third kappa shape index (κ3) is 3.25. The Morgan fingerprint density at radius 2 is 1.92 bits per heavy atom. The Morgan fingerprint density at radius 3 is 2.65 bits per heavy atom. The van der Waals surface area contributed by atoms with Crippen LogP contribution < -0.4 is 4.90 Å². The standard InChI is InChI=1S/C21H17F2NO2/c22-14-5-3-6-15(11-14)24(13-16-7-4-10-26-16)21(25)19-12-18(19)17-8-1-2-9-20(17)23/h1-11,18-19H,12-13H2/t18-,19-/m0/s1. The minimum absolute atomic E-state index is 0.142. The van der Waals surface area contributed by atoms with Gasteiger partial charge in [0.15, 0.2) is 0 Å². The first-order chi connectivity index (χ1) is 12.6. The van der Waals surface area contributed by atoms with Gasteiger partial charge >= 0.3 is 0 Å². The highest BCUT2D eigenvalue weighted by atomic mass is 19.1. The first-order valence-corrected chi connectivity index (χ1v) is 8.47. The maximum Gasteiger partial charge on any atom is 0.231 e. The molecule has 1 amide bonds. The fraction of sp³-hybridized carbons (Fsp3) is 0.190. The molecular weight excluding hydrogens is 336 g/mol. The minimum Gasteiger partial charge on any atom is -0.467 e. The molecule has 3 aromatic rings. The first kappa shape index (κ1) is 16.5. The van der Waals surface area contributed by atoms with Gasteiger partial charge in [-0.25, -0.2) is 8.78 Å². The van der Waals surface area contributed by atoms with Crippen molar-refractivity contribution in [2.45, 2.75) is 18.9 Å². The topological polar surface area (TPSA) is 33.5 Å². The lowest BCUT2D eigenvalue weighted by molar-refractivity contribution is -0.120. The molecule has 0 saturated heterocycles. The van der Waals surface area contributed by atoms with Crippen molar-refractivity contribution in [3.63, 3.8) is 0 Å². The van der Waals surface area contributed by atoms with Crippen LogP contribution in [0.1, 0.15) is 23.7 Å². The second-order valence-corrected chi connectivity index (χ2v) is 6.45. The summed E-state index contributed by atoms with van der Waals surface area (Å²) in [5.41, 5.74) is 1.02. The Balaban J connectivity index is 1.60. The zero-order chi connectivity index (χ0) is 18.1. The van der Waals surface area contributed by atoms with Crippen LogP contribution in [-0.4, -0.2) is 5.91 Å². The number of anilines is 1. The van der Waals surface area contributed by atoms with Crippen molar-refractivity contribution in [1.82, 2.24) is 0 Å². The highest BCUT2D eigenvalue weighted by molar-refractivity contribution is 5.97. The summed E-state index contributed by atoms with van der Waals surface area (Å²) in [5.74, 6) is -0.718. The average Bonchev–Trinajstić information content (AvgIpc) is 3.26. The van der Waals surface area contributed by atoms with Crippen LogP contribution in [0.25, 0.3) is 0 Å². The molecular formula is C21H17F2NO2. The highest BCUT2D eigenvalue weighted by Gasteiger charge is 2.47. The molecule has 0 unspecified atom stereocenters. The van der Waals surface area contributed by atoms with E-state index in [-0.39, 0.29) is 30.1 Å². The Hall–Kier alpha value is -2.95. The average molecular weight is 353 g/mol. The van der Waals surface area contributed by atoms with Crippen molar-refractivity contribution < 1.29 is 18.0 Å². The predicted octanol–water partition coefficient (Wildman–Crippen LogP) is 4.89. The van der Waals surface area contributed by atoms with Crippen molar-refractivity contribution in [2.75, 3.05) is 4.90 Å². The van der Waals surface area contributed by atoms with E-state index < -0.39 is 5.82 Å². The summed E-state index contributed by atoms with van der Waals surface area (Å²) in [6, 6.07) is 15.9. The molecule has 1 aliphatic rings. The summed E-state index contributed by atoms with van der Waals surface area (Å²) >= 11 is 0. The summed E-state index contributed by atoms with van der Waals surface area (Å²) in [4.78, 5) is 14.6. The van der Waals surface area contributed by atoms with Gasteiger partial charge in [-0.1, -0.05) is 24.3 Å². The minimum atomic E-state index is -0.416. The summed E-state index contributed by atoms with van der Waals surface area (Å²) in [5, 5.41) is 0. The van der Waals surface area contributed by atoms with Gasteiger partial charge in [0.05, 0.1) is 12.8 Å². The molecule has 1 saturated carbocycles. The molecule has 1 aliphatic carbocycles. The largest absolute Gasteiger partial charge is 0.467 e. The van der Waals surface area contributed by atoms with Crippen LogP contribution in [0.15, 0.2) is 71.3 Å². The number of nitrogens with zero attached hydrogens (tertiary/aromatic N) is 1. The quantitative estimate of drug-likeness (QED) is 0.654. The molecule has 26 heavy (non-hydrogen) atoms. The predicted molar refractivity (Wildman–Crippen MR) is 93.5 cm³/mol. The Bertz CT molecular complexity index is 923. The van der Waals surface area contributed by atoms with Crippen LogP contribution in [0.3, 0.4) is 0 Å². The lowest BCUT2D eigenvalue weighted by Crippen LogP contribution is -2.32. The van der Waals surface area contributed by atoms with E-state index in [2.05, 4.69) is 0 Å². The number of benzene rings is 2. The van der Waals surface area contributed by atoms with Gasteiger partial charge in [0.25, 0.3) is 0 Å². The van der Waals surface area contributed by atoms with E-state index in [0.717, 1.165) is 0 Å². The molecule has 0 bridgehead atoms. The molecule has 132 valence electrons. The Kier molecular flexibility index (Phi) is 4.29. The molecule has 1 aromatic heterocycles. The van der Waals surface area contributed by atoms with Gasteiger partial charge < -0.3 is 9.32 Å². The van der Waals surface area contributed by atoms with Crippen molar-refractivity contribution in [3.8, 4) is 0 Å². The molecule has 2 aromatic carbocycles. The van der Waals surface area contributed by atoms with Crippen LogP contribution >= 0.6 is 0 Å². The van der Waals surface area contributed by atoms with E-state index in [1.54, 1.807) is 42.5 Å². The molecule has 1 fully saturated rings. The summed E-state index contributed by atoms with van der Waals surface area (Å²) in [6.07, 6.45) is 2.12. The SMILES string of the molecule is O=C([C@H]1C[C@H]1c1ccccc1F)N(Cc1ccco1)c1cccc(F)c1. The number of furan rings is 1. The fourth-order valence-corrected chi connectivity index (χ4v) is 3.29. The molecule has 4 rings (SSSR count). The van der Waals surface area contributed by atoms with Gasteiger partial charge in [0, 0.05) is 11.6 Å². The van der Waals surface area contributed by atoms with Gasteiger partial charge in [-0.05, 0) is 54.3 Å². The maximum absolute atomic E-state index is 14.0. The second-order valence-electron chi connectivity index (χ2n) is 6.45. The number of amides is 1. The van der Waals surface area contributed by atoms with Gasteiger partial charge in [0.2, 0.25) is 5.91 Å². The van der Waals surface area contributed by atoms with Crippen molar-refractivity contribution in [2.24, 2.45) is 5.92 Å². The van der Waals surface area contributed by atoms with E-state index in [4.69, 9.17) is 4.42 Å². The maximum atomic E-state index is 14.0. The first-order valence-electron chi connectivity index (χ1n) is 8.47. The Morgan fingerprint density at radius 1 is 1.08 bits per heavy atom. The molecule has 2 atom stereocenters. The van der Waals surface area contributed by atoms with Gasteiger partial charge in [0.1, 0.15) is 17.4 Å². The van der Waals surface area contributed by atoms with Gasteiger partial charge in [-0.2, -0.15) is 0 Å². The molecule has 5 heteroatoms. The normalized spacial score (nSPS) is 18.5. The molecule has 0 N–H and O–H groups in total. The molecule has 1 heterocycles. The zero-order valence-electron chi connectivity index (χ0n) is 13.9. The number of carbonyl (C=O) groups is 1. The third-order valence-electron chi connectivity index (χ3n) is 4.69. The number of halogens is 2. The van der Waals surface area contributed by atoms with Crippen LogP contribution in [0.4, 0.5) is 14.5 Å². The van der Waals surface area contributed by atoms with E-state index in [1.807, 2.05) is 0 Å². The van der Waals surface area contributed by atoms with Crippen molar-refractivity contribution in [3.05, 3.63) is 89.9 Å². The lowest BCUT2D eigenvalue weighted by atomic mass is 10.1.